The van der Waals surface area contributed by atoms with Crippen LogP contribution in [0.3, 0.4) is 0 Å². The van der Waals surface area contributed by atoms with Crippen molar-refractivity contribution in [2.45, 2.75) is 23.6 Å². The highest BCUT2D eigenvalue weighted by atomic mass is 32.2. The zero-order valence-corrected chi connectivity index (χ0v) is 11.3. The second-order valence-electron chi connectivity index (χ2n) is 3.66. The molecule has 6 nitrogen and oxygen atoms in total. The van der Waals surface area contributed by atoms with Crippen LogP contribution >= 0.6 is 11.3 Å². The van der Waals surface area contributed by atoms with Gasteiger partial charge in [-0.3, -0.25) is 9.59 Å². The Labute approximate surface area is 109 Å². The third-order valence-corrected chi connectivity index (χ3v) is 4.93. The minimum Gasteiger partial charge on any atom is -0.481 e. The van der Waals surface area contributed by atoms with Crippen LogP contribution in [0.2, 0.25) is 0 Å². The number of carboxylic acids is 1. The van der Waals surface area contributed by atoms with Gasteiger partial charge in [-0.25, -0.2) is 8.42 Å². The van der Waals surface area contributed by atoms with E-state index >= 15 is 0 Å². The third-order valence-electron chi connectivity index (χ3n) is 2.03. The fourth-order valence-corrected chi connectivity index (χ4v) is 3.06. The maximum absolute atomic E-state index is 11.2. The van der Waals surface area contributed by atoms with Crippen LogP contribution in [0.1, 0.15) is 17.7 Å². The molecule has 1 heterocycles. The van der Waals surface area contributed by atoms with E-state index in [4.69, 9.17) is 5.11 Å². The molecule has 8 heteroatoms. The molecule has 2 N–H and O–H groups in total. The molecule has 0 atom stereocenters. The number of nitrogens with one attached hydrogen (secondary N) is 1. The molecule has 0 saturated heterocycles. The average molecular weight is 291 g/mol. The maximum atomic E-state index is 11.2. The molecule has 1 rings (SSSR count). The fourth-order valence-electron chi connectivity index (χ4n) is 1.15. The first-order valence-corrected chi connectivity index (χ1v) is 7.77. The van der Waals surface area contributed by atoms with Gasteiger partial charge in [0.05, 0.1) is 13.0 Å². The molecular formula is C10H13NO5S2. The summed E-state index contributed by atoms with van der Waals surface area (Å²) in [6.45, 7) is 0.207. The van der Waals surface area contributed by atoms with Crippen molar-refractivity contribution >= 4 is 33.1 Å². The second-order valence-corrected chi connectivity index (χ2v) is 7.07. The van der Waals surface area contributed by atoms with Gasteiger partial charge in [0.15, 0.2) is 9.84 Å². The van der Waals surface area contributed by atoms with Gasteiger partial charge in [0, 0.05) is 17.6 Å². The first-order chi connectivity index (χ1) is 8.29. The molecule has 1 aromatic rings. The molecule has 0 aromatic carbocycles. The van der Waals surface area contributed by atoms with Gasteiger partial charge in [-0.15, -0.1) is 11.3 Å². The van der Waals surface area contributed by atoms with Crippen molar-refractivity contribution in [3.8, 4) is 0 Å². The number of carbonyl (C=O) groups is 2. The Morgan fingerprint density at radius 2 is 2.00 bits per heavy atom. The van der Waals surface area contributed by atoms with Gasteiger partial charge in [-0.1, -0.05) is 0 Å². The number of thiophene rings is 1. The summed E-state index contributed by atoms with van der Waals surface area (Å²) in [6.07, 6.45) is 0.818. The van der Waals surface area contributed by atoms with Crippen molar-refractivity contribution in [3.05, 3.63) is 17.0 Å². The van der Waals surface area contributed by atoms with E-state index in [1.807, 2.05) is 0 Å². The molecule has 0 radical (unpaired) electrons. The van der Waals surface area contributed by atoms with Crippen molar-refractivity contribution in [1.82, 2.24) is 5.32 Å². The molecule has 1 aromatic heterocycles. The van der Waals surface area contributed by atoms with Crippen LogP contribution in [0.15, 0.2) is 16.3 Å². The number of carbonyl (C=O) groups excluding carboxylic acids is 1. The van der Waals surface area contributed by atoms with Gasteiger partial charge in [-0.05, 0) is 12.1 Å². The molecule has 0 spiro atoms. The lowest BCUT2D eigenvalue weighted by Gasteiger charge is -2.01. The van der Waals surface area contributed by atoms with Crippen LogP contribution in [-0.2, 0) is 26.0 Å². The summed E-state index contributed by atoms with van der Waals surface area (Å²) in [5.41, 5.74) is 0. The molecule has 0 unspecified atom stereocenters. The van der Waals surface area contributed by atoms with Crippen LogP contribution in [0.4, 0.5) is 0 Å². The van der Waals surface area contributed by atoms with Gasteiger partial charge in [0.2, 0.25) is 5.91 Å². The number of rotatable bonds is 6. The molecule has 100 valence electrons. The fraction of sp³-hybridized carbons (Fsp3) is 0.400. The standard InChI is InChI=1S/C10H13NO5S2/c1-18(15,16)10-5-2-7(17-10)6-11-8(12)3-4-9(13)14/h2,5H,3-4,6H2,1H3,(H,11,12)(H,13,14). The number of hydrogen-bond acceptors (Lipinski definition) is 5. The van der Waals surface area contributed by atoms with Crippen molar-refractivity contribution in [2.75, 3.05) is 6.26 Å². The lowest BCUT2D eigenvalue weighted by molar-refractivity contribution is -0.138. The largest absolute Gasteiger partial charge is 0.481 e. The second kappa shape index (κ2) is 5.96. The van der Waals surface area contributed by atoms with Gasteiger partial charge >= 0.3 is 5.97 Å². The molecule has 0 aliphatic rings. The predicted molar refractivity (Wildman–Crippen MR) is 66.1 cm³/mol. The highest BCUT2D eigenvalue weighted by Crippen LogP contribution is 2.21. The van der Waals surface area contributed by atoms with Crippen molar-refractivity contribution < 1.29 is 23.1 Å². The topological polar surface area (TPSA) is 101 Å². The summed E-state index contributed by atoms with van der Waals surface area (Å²) in [5, 5.41) is 10.9. The van der Waals surface area contributed by atoms with E-state index in [0.717, 1.165) is 17.6 Å². The number of hydrogen-bond donors (Lipinski definition) is 2. The van der Waals surface area contributed by atoms with E-state index in [1.54, 1.807) is 6.07 Å². The average Bonchev–Trinajstić information content (AvgIpc) is 2.71. The normalized spacial score (nSPS) is 11.2. The summed E-state index contributed by atoms with van der Waals surface area (Å²) < 4.78 is 22.7. The lowest BCUT2D eigenvalue weighted by atomic mass is 10.3. The summed E-state index contributed by atoms with van der Waals surface area (Å²) in [4.78, 5) is 22.2. The number of sulfone groups is 1. The maximum Gasteiger partial charge on any atom is 0.303 e. The minimum absolute atomic E-state index is 0.0837. The predicted octanol–water partition coefficient (Wildman–Crippen LogP) is 0.633. The highest BCUT2D eigenvalue weighted by Gasteiger charge is 2.11. The number of carboxylic acid groups (broad SMARTS) is 1. The Morgan fingerprint density at radius 1 is 1.33 bits per heavy atom. The molecule has 0 aliphatic heterocycles. The molecule has 0 aliphatic carbocycles. The van der Waals surface area contributed by atoms with Gasteiger partial charge < -0.3 is 10.4 Å². The quantitative estimate of drug-likeness (QED) is 0.800. The van der Waals surface area contributed by atoms with Crippen molar-refractivity contribution in [2.24, 2.45) is 0 Å². The minimum atomic E-state index is -3.21. The first kappa shape index (κ1) is 14.7. The van der Waals surface area contributed by atoms with Crippen molar-refractivity contribution in [1.29, 1.82) is 0 Å². The molecular weight excluding hydrogens is 278 g/mol. The van der Waals surface area contributed by atoms with Crippen LogP contribution in [0, 0.1) is 0 Å². The number of amides is 1. The Hall–Kier alpha value is -1.41. The van der Waals surface area contributed by atoms with E-state index in [-0.39, 0.29) is 29.5 Å². The molecule has 0 fully saturated rings. The van der Waals surface area contributed by atoms with Crippen LogP contribution in [0.25, 0.3) is 0 Å². The lowest BCUT2D eigenvalue weighted by Crippen LogP contribution is -2.22. The summed E-state index contributed by atoms with van der Waals surface area (Å²) in [7, 11) is -3.21. The Balaban J connectivity index is 2.47. The smallest absolute Gasteiger partial charge is 0.303 e. The first-order valence-electron chi connectivity index (χ1n) is 5.06. The van der Waals surface area contributed by atoms with Gasteiger partial charge in [-0.2, -0.15) is 0 Å². The van der Waals surface area contributed by atoms with E-state index in [2.05, 4.69) is 5.32 Å². The van der Waals surface area contributed by atoms with Crippen molar-refractivity contribution in [3.63, 3.8) is 0 Å². The van der Waals surface area contributed by atoms with E-state index in [0.29, 0.717) is 4.88 Å². The zero-order chi connectivity index (χ0) is 13.8. The zero-order valence-electron chi connectivity index (χ0n) is 9.67. The molecule has 0 bridgehead atoms. The summed E-state index contributed by atoms with van der Waals surface area (Å²) >= 11 is 1.09. The van der Waals surface area contributed by atoms with Gasteiger partial charge in [0.1, 0.15) is 4.21 Å². The van der Waals surface area contributed by atoms with E-state index < -0.39 is 15.8 Å². The Morgan fingerprint density at radius 3 is 2.50 bits per heavy atom. The van der Waals surface area contributed by atoms with E-state index in [9.17, 15) is 18.0 Å². The molecule has 18 heavy (non-hydrogen) atoms. The van der Waals surface area contributed by atoms with Gasteiger partial charge in [0.25, 0.3) is 0 Å². The van der Waals surface area contributed by atoms with Crippen LogP contribution < -0.4 is 5.32 Å². The van der Waals surface area contributed by atoms with E-state index in [1.165, 1.54) is 6.07 Å². The van der Waals surface area contributed by atoms with Crippen LogP contribution in [0.5, 0.6) is 0 Å². The molecule has 0 saturated carbocycles. The highest BCUT2D eigenvalue weighted by molar-refractivity contribution is 7.92. The number of aliphatic carboxylic acids is 1. The SMILES string of the molecule is CS(=O)(=O)c1ccc(CNC(=O)CCC(=O)O)s1. The summed E-state index contributed by atoms with van der Waals surface area (Å²) in [5.74, 6) is -1.40. The van der Waals surface area contributed by atoms with Crippen LogP contribution in [-0.4, -0.2) is 31.7 Å². The monoisotopic (exact) mass is 291 g/mol. The Bertz CT molecular complexity index is 546. The molecule has 1 amide bonds. The Kier molecular flexibility index (Phi) is 4.85. The third kappa shape index (κ3) is 4.84. The summed E-state index contributed by atoms with van der Waals surface area (Å²) in [6, 6.07) is 3.11.